The number of hydrogen-bond acceptors (Lipinski definition) is 5. The normalized spacial score (nSPS) is 22.4. The monoisotopic (exact) mass is 386 g/mol. The van der Waals surface area contributed by atoms with Crippen LogP contribution in [0.1, 0.15) is 12.1 Å². The molecule has 2 aromatic rings. The molecule has 2 aromatic heterocycles. The summed E-state index contributed by atoms with van der Waals surface area (Å²) in [7, 11) is 1.97. The standard InChI is InChI=1S/C18H19N5O3S/c1-21-8-9-22-13(21)7-6-12(20-22)5-3-2-4-11-10-27-17-14(19)16(24)23(17)15(11)18(25)26/h2,4,6-9,14,17H,3,5,10,19H2,1H3/p+1/b4-2+/t14-,17-/m1/s1. The Labute approximate surface area is 159 Å². The van der Waals surface area contributed by atoms with E-state index in [1.807, 2.05) is 46.7 Å². The Balaban J connectivity index is 1.46. The minimum Gasteiger partial charge on any atom is -0.477 e. The summed E-state index contributed by atoms with van der Waals surface area (Å²) in [5.41, 5.74) is 8.42. The summed E-state index contributed by atoms with van der Waals surface area (Å²) in [4.78, 5) is 24.9. The number of aryl methyl sites for hydroxylation is 2. The van der Waals surface area contributed by atoms with Crippen molar-refractivity contribution in [2.45, 2.75) is 24.3 Å². The van der Waals surface area contributed by atoms with Crippen LogP contribution in [0, 0.1) is 0 Å². The zero-order valence-electron chi connectivity index (χ0n) is 14.8. The third kappa shape index (κ3) is 3.02. The summed E-state index contributed by atoms with van der Waals surface area (Å²) in [6.07, 6.45) is 9.06. The highest BCUT2D eigenvalue weighted by Gasteiger charge is 2.51. The maximum absolute atomic E-state index is 11.9. The van der Waals surface area contributed by atoms with Crippen molar-refractivity contribution in [3.05, 3.63) is 53.6 Å². The van der Waals surface area contributed by atoms with Gasteiger partial charge in [0.2, 0.25) is 5.91 Å². The Bertz CT molecular complexity index is 996. The Morgan fingerprint density at radius 3 is 3.11 bits per heavy atom. The van der Waals surface area contributed by atoms with Gasteiger partial charge in [0.25, 0.3) is 0 Å². The molecule has 0 spiro atoms. The van der Waals surface area contributed by atoms with E-state index in [-0.39, 0.29) is 17.0 Å². The second kappa shape index (κ2) is 6.82. The van der Waals surface area contributed by atoms with E-state index >= 15 is 0 Å². The number of fused-ring (bicyclic) bond motifs is 2. The number of carbonyl (C=O) groups is 2. The molecule has 0 saturated carbocycles. The van der Waals surface area contributed by atoms with Crippen molar-refractivity contribution in [1.29, 1.82) is 0 Å². The van der Waals surface area contributed by atoms with E-state index in [4.69, 9.17) is 5.73 Å². The van der Waals surface area contributed by atoms with Crippen LogP contribution in [-0.4, -0.2) is 48.7 Å². The summed E-state index contributed by atoms with van der Waals surface area (Å²) in [5.74, 6) is -0.884. The Morgan fingerprint density at radius 1 is 1.52 bits per heavy atom. The maximum Gasteiger partial charge on any atom is 0.352 e. The number of nitrogens with two attached hydrogens (primary N) is 1. The van der Waals surface area contributed by atoms with Gasteiger partial charge in [-0.3, -0.25) is 9.69 Å². The molecule has 9 heteroatoms. The zero-order chi connectivity index (χ0) is 19.1. The number of aromatic nitrogens is 3. The Kier molecular flexibility index (Phi) is 4.48. The lowest BCUT2D eigenvalue weighted by Gasteiger charge is -2.47. The van der Waals surface area contributed by atoms with Gasteiger partial charge in [0.15, 0.2) is 6.20 Å². The van der Waals surface area contributed by atoms with Gasteiger partial charge in [-0.25, -0.2) is 9.36 Å². The Hall–Kier alpha value is -2.65. The molecular weight excluding hydrogens is 366 g/mol. The van der Waals surface area contributed by atoms with E-state index in [0.29, 0.717) is 11.3 Å². The number of allylic oxidation sites excluding steroid dienone is 2. The zero-order valence-corrected chi connectivity index (χ0v) is 15.6. The van der Waals surface area contributed by atoms with Gasteiger partial charge < -0.3 is 10.8 Å². The summed E-state index contributed by atoms with van der Waals surface area (Å²) < 4.78 is 3.83. The SMILES string of the molecule is C[n+]1ccn2nc(CC/C=C/C3=C(C(=O)O)N4C(=O)[C@@H](N)[C@H]4SC3)ccc21. The fourth-order valence-electron chi connectivity index (χ4n) is 3.36. The average molecular weight is 386 g/mol. The van der Waals surface area contributed by atoms with Crippen LogP contribution in [0.15, 0.2) is 47.9 Å². The second-order valence-electron chi connectivity index (χ2n) is 6.59. The Morgan fingerprint density at radius 2 is 2.33 bits per heavy atom. The van der Waals surface area contributed by atoms with Crippen LogP contribution in [0.5, 0.6) is 0 Å². The quantitative estimate of drug-likeness (QED) is 0.563. The first-order chi connectivity index (χ1) is 13.0. The average Bonchev–Trinajstić information content (AvgIpc) is 3.04. The molecule has 0 bridgehead atoms. The maximum atomic E-state index is 11.9. The smallest absolute Gasteiger partial charge is 0.352 e. The molecule has 0 aromatic carbocycles. The number of nitrogens with zero attached hydrogens (tertiary/aromatic N) is 4. The van der Waals surface area contributed by atoms with Crippen LogP contribution in [0.2, 0.25) is 0 Å². The van der Waals surface area contributed by atoms with Crippen molar-refractivity contribution in [2.24, 2.45) is 12.8 Å². The number of carboxylic acid groups (broad SMARTS) is 1. The molecule has 0 aliphatic carbocycles. The largest absolute Gasteiger partial charge is 0.477 e. The molecule has 1 amide bonds. The molecular formula is C18H20N5O3S+. The molecule has 2 aliphatic rings. The van der Waals surface area contributed by atoms with Crippen molar-refractivity contribution in [3.63, 3.8) is 0 Å². The summed E-state index contributed by atoms with van der Waals surface area (Å²) in [6.45, 7) is 0. The van der Waals surface area contributed by atoms with Crippen LogP contribution in [0.3, 0.4) is 0 Å². The van der Waals surface area contributed by atoms with Gasteiger partial charge in [0.1, 0.15) is 23.3 Å². The van der Waals surface area contributed by atoms with E-state index in [9.17, 15) is 14.7 Å². The first-order valence-corrected chi connectivity index (χ1v) is 9.68. The number of hydrogen-bond donors (Lipinski definition) is 2. The van der Waals surface area contributed by atoms with Crippen molar-refractivity contribution >= 4 is 29.3 Å². The van der Waals surface area contributed by atoms with Crippen LogP contribution in [0.4, 0.5) is 0 Å². The number of carbonyl (C=O) groups excluding carboxylic acids is 1. The molecule has 8 nitrogen and oxygen atoms in total. The van der Waals surface area contributed by atoms with Crippen LogP contribution >= 0.6 is 11.8 Å². The van der Waals surface area contributed by atoms with Gasteiger partial charge in [-0.1, -0.05) is 17.3 Å². The molecule has 4 rings (SSSR count). The van der Waals surface area contributed by atoms with Crippen LogP contribution in [-0.2, 0) is 23.1 Å². The second-order valence-corrected chi connectivity index (χ2v) is 7.70. The number of imidazole rings is 1. The number of amides is 1. The topological polar surface area (TPSA) is 105 Å². The van der Waals surface area contributed by atoms with Gasteiger partial charge >= 0.3 is 11.6 Å². The number of aliphatic carboxylic acids is 1. The predicted molar refractivity (Wildman–Crippen MR) is 99.6 cm³/mol. The van der Waals surface area contributed by atoms with E-state index in [1.54, 1.807) is 6.08 Å². The van der Waals surface area contributed by atoms with Crippen LogP contribution in [0.25, 0.3) is 5.65 Å². The molecule has 3 N–H and O–H groups in total. The minimum absolute atomic E-state index is 0.0566. The fourth-order valence-corrected chi connectivity index (χ4v) is 4.62. The number of carboxylic acids is 1. The third-order valence-electron chi connectivity index (χ3n) is 4.82. The molecule has 1 fully saturated rings. The summed E-state index contributed by atoms with van der Waals surface area (Å²) in [5, 5.41) is 13.8. The molecule has 0 unspecified atom stereocenters. The molecule has 1 saturated heterocycles. The molecule has 27 heavy (non-hydrogen) atoms. The van der Waals surface area contributed by atoms with Crippen molar-refractivity contribution in [3.8, 4) is 0 Å². The van der Waals surface area contributed by atoms with Gasteiger partial charge in [0.05, 0.1) is 12.7 Å². The highest BCUT2D eigenvalue weighted by atomic mass is 32.2. The highest BCUT2D eigenvalue weighted by Crippen LogP contribution is 2.39. The number of β-lactam (4-membered cyclic amide) rings is 1. The molecule has 4 heterocycles. The van der Waals surface area contributed by atoms with Gasteiger partial charge in [-0.15, -0.1) is 16.3 Å². The first-order valence-electron chi connectivity index (χ1n) is 8.63. The van der Waals surface area contributed by atoms with Gasteiger partial charge in [-0.2, -0.15) is 0 Å². The van der Waals surface area contributed by atoms with Crippen molar-refractivity contribution in [2.75, 3.05) is 5.75 Å². The summed E-state index contributed by atoms with van der Waals surface area (Å²) >= 11 is 1.50. The lowest BCUT2D eigenvalue weighted by molar-refractivity contribution is -0.644. The lowest BCUT2D eigenvalue weighted by Crippen LogP contribution is -2.68. The fraction of sp³-hybridized carbons (Fsp3) is 0.333. The summed E-state index contributed by atoms with van der Waals surface area (Å²) in [6, 6.07) is 3.41. The van der Waals surface area contributed by atoms with E-state index < -0.39 is 12.0 Å². The molecule has 2 aliphatic heterocycles. The number of thioether (sulfide) groups is 1. The lowest BCUT2D eigenvalue weighted by atomic mass is 10.0. The predicted octanol–water partition coefficient (Wildman–Crippen LogP) is 0.229. The van der Waals surface area contributed by atoms with E-state index in [2.05, 4.69) is 5.10 Å². The minimum atomic E-state index is -1.09. The van der Waals surface area contributed by atoms with Crippen LogP contribution < -0.4 is 10.3 Å². The van der Waals surface area contributed by atoms with E-state index in [1.165, 1.54) is 16.7 Å². The van der Waals surface area contributed by atoms with Crippen molar-refractivity contribution < 1.29 is 19.3 Å². The number of rotatable bonds is 5. The van der Waals surface area contributed by atoms with Crippen molar-refractivity contribution in [1.82, 2.24) is 14.5 Å². The highest BCUT2D eigenvalue weighted by molar-refractivity contribution is 8.00. The first kappa shape index (κ1) is 17.7. The molecule has 0 radical (unpaired) electrons. The molecule has 140 valence electrons. The molecule has 2 atom stereocenters. The van der Waals surface area contributed by atoms with Gasteiger partial charge in [0, 0.05) is 11.8 Å². The van der Waals surface area contributed by atoms with E-state index in [0.717, 1.165) is 24.2 Å². The van der Waals surface area contributed by atoms with Gasteiger partial charge in [-0.05, 0) is 24.5 Å². The third-order valence-corrected chi connectivity index (χ3v) is 6.14.